The van der Waals surface area contributed by atoms with Crippen molar-refractivity contribution in [3.63, 3.8) is 0 Å². The highest BCUT2D eigenvalue weighted by atomic mass is 16.1. The maximum absolute atomic E-state index is 12.3. The zero-order valence-electron chi connectivity index (χ0n) is 12.3. The van der Waals surface area contributed by atoms with Crippen LogP contribution in [0.5, 0.6) is 0 Å². The summed E-state index contributed by atoms with van der Waals surface area (Å²) >= 11 is 0. The zero-order valence-corrected chi connectivity index (χ0v) is 12.3. The van der Waals surface area contributed by atoms with Gasteiger partial charge in [-0.3, -0.25) is 4.79 Å². The minimum atomic E-state index is 0.0706. The number of hydrogen-bond donors (Lipinski definition) is 2. The molecule has 0 saturated heterocycles. The number of rotatable bonds is 4. The maximum atomic E-state index is 12.3. The number of nitrogens with one attached hydrogen (secondary N) is 2. The molecule has 3 nitrogen and oxygen atoms in total. The van der Waals surface area contributed by atoms with Gasteiger partial charge >= 0.3 is 0 Å². The number of carbonyl (C=O) groups excluding carboxylic acids is 1. The molecule has 1 aromatic rings. The van der Waals surface area contributed by atoms with Crippen molar-refractivity contribution in [1.29, 1.82) is 0 Å². The first-order valence-corrected chi connectivity index (χ1v) is 7.87. The molecule has 0 aromatic heterocycles. The molecule has 0 atom stereocenters. The van der Waals surface area contributed by atoms with Crippen LogP contribution in [0.25, 0.3) is 0 Å². The molecule has 3 heteroatoms. The molecular weight excluding hydrogens is 248 g/mol. The molecule has 1 fully saturated rings. The van der Waals surface area contributed by atoms with Crippen molar-refractivity contribution in [2.45, 2.75) is 45.4 Å². The van der Waals surface area contributed by atoms with Gasteiger partial charge in [-0.25, -0.2) is 0 Å². The zero-order chi connectivity index (χ0) is 14.0. The average Bonchev–Trinajstić information content (AvgIpc) is 3.13. The highest BCUT2D eigenvalue weighted by molar-refractivity contribution is 5.95. The molecule has 1 aromatic carbocycles. The third-order valence-electron chi connectivity index (χ3n) is 5.12. The van der Waals surface area contributed by atoms with Gasteiger partial charge in [0.25, 0.3) is 5.91 Å². The van der Waals surface area contributed by atoms with Crippen LogP contribution in [0.2, 0.25) is 0 Å². The van der Waals surface area contributed by atoms with Crippen LogP contribution in [0.15, 0.2) is 18.2 Å². The Bertz CT molecular complexity index is 504. The van der Waals surface area contributed by atoms with E-state index in [9.17, 15) is 4.79 Å². The van der Waals surface area contributed by atoms with Gasteiger partial charge in [0, 0.05) is 24.3 Å². The molecule has 2 N–H and O–H groups in total. The van der Waals surface area contributed by atoms with Crippen LogP contribution in [0.1, 0.15) is 54.9 Å². The summed E-state index contributed by atoms with van der Waals surface area (Å²) in [6.45, 7) is 4.06. The first-order valence-electron chi connectivity index (χ1n) is 7.87. The summed E-state index contributed by atoms with van der Waals surface area (Å²) in [5, 5.41) is 6.49. The van der Waals surface area contributed by atoms with Gasteiger partial charge in [-0.2, -0.15) is 0 Å². The summed E-state index contributed by atoms with van der Waals surface area (Å²) < 4.78 is 0. The molecule has 20 heavy (non-hydrogen) atoms. The Morgan fingerprint density at radius 2 is 2.15 bits per heavy atom. The summed E-state index contributed by atoms with van der Waals surface area (Å²) in [7, 11) is 0. The Hall–Kier alpha value is -1.51. The van der Waals surface area contributed by atoms with Crippen molar-refractivity contribution < 1.29 is 4.79 Å². The fraction of sp³-hybridized carbons (Fsp3) is 0.588. The van der Waals surface area contributed by atoms with Gasteiger partial charge < -0.3 is 10.6 Å². The fourth-order valence-electron chi connectivity index (χ4n) is 3.58. The molecule has 1 saturated carbocycles. The summed E-state index contributed by atoms with van der Waals surface area (Å²) in [5.74, 6) is 0.0706. The Labute approximate surface area is 121 Å². The second-order valence-electron chi connectivity index (χ2n) is 6.29. The predicted octanol–water partition coefficient (Wildman–Crippen LogP) is 3.35. The molecule has 0 bridgehead atoms. The van der Waals surface area contributed by atoms with Crippen molar-refractivity contribution in [3.05, 3.63) is 29.3 Å². The largest absolute Gasteiger partial charge is 0.384 e. The molecule has 108 valence electrons. The SMILES string of the molecule is CCC1(CNC(=O)c2ccc3c(c2)NCC3)CCCC1. The number of carbonyl (C=O) groups is 1. The van der Waals surface area contributed by atoms with E-state index in [2.05, 4.69) is 23.6 Å². The van der Waals surface area contributed by atoms with Crippen LogP contribution in [0.3, 0.4) is 0 Å². The van der Waals surface area contributed by atoms with Gasteiger partial charge in [-0.1, -0.05) is 25.8 Å². The standard InChI is InChI=1S/C17H24N2O/c1-2-17(8-3-4-9-17)12-19-16(20)14-6-5-13-7-10-18-15(13)11-14/h5-6,11,18H,2-4,7-10,12H2,1H3,(H,19,20). The van der Waals surface area contributed by atoms with Crippen molar-refractivity contribution in [2.24, 2.45) is 5.41 Å². The lowest BCUT2D eigenvalue weighted by Crippen LogP contribution is -2.35. The fourth-order valence-corrected chi connectivity index (χ4v) is 3.58. The van der Waals surface area contributed by atoms with Crippen molar-refractivity contribution in [3.8, 4) is 0 Å². The second-order valence-corrected chi connectivity index (χ2v) is 6.29. The molecule has 2 aliphatic rings. The third-order valence-corrected chi connectivity index (χ3v) is 5.12. The minimum Gasteiger partial charge on any atom is -0.384 e. The average molecular weight is 272 g/mol. The van der Waals surface area contributed by atoms with Crippen LogP contribution in [0.4, 0.5) is 5.69 Å². The molecule has 0 radical (unpaired) electrons. The molecule has 1 aliphatic carbocycles. The van der Waals surface area contributed by atoms with Crippen molar-refractivity contribution in [2.75, 3.05) is 18.4 Å². The van der Waals surface area contributed by atoms with Crippen molar-refractivity contribution in [1.82, 2.24) is 5.32 Å². The monoisotopic (exact) mass is 272 g/mol. The van der Waals surface area contributed by atoms with E-state index in [0.29, 0.717) is 5.41 Å². The lowest BCUT2D eigenvalue weighted by Gasteiger charge is -2.27. The van der Waals surface area contributed by atoms with Crippen LogP contribution in [0, 0.1) is 5.41 Å². The van der Waals surface area contributed by atoms with E-state index in [1.54, 1.807) is 0 Å². The molecular formula is C17H24N2O. The van der Waals surface area contributed by atoms with E-state index in [0.717, 1.165) is 30.8 Å². The van der Waals surface area contributed by atoms with E-state index in [-0.39, 0.29) is 5.91 Å². The minimum absolute atomic E-state index is 0.0706. The Balaban J connectivity index is 1.64. The molecule has 1 heterocycles. The van der Waals surface area contributed by atoms with Gasteiger partial charge in [0.1, 0.15) is 0 Å². The maximum Gasteiger partial charge on any atom is 0.251 e. The number of amides is 1. The molecule has 0 spiro atoms. The first-order chi connectivity index (χ1) is 9.72. The number of hydrogen-bond acceptors (Lipinski definition) is 2. The van der Waals surface area contributed by atoms with E-state index in [1.807, 2.05) is 12.1 Å². The number of fused-ring (bicyclic) bond motifs is 1. The summed E-state index contributed by atoms with van der Waals surface area (Å²) in [4.78, 5) is 12.3. The van der Waals surface area contributed by atoms with Gasteiger partial charge in [0.2, 0.25) is 0 Å². The van der Waals surface area contributed by atoms with Crippen LogP contribution in [-0.4, -0.2) is 19.0 Å². The molecule has 1 aliphatic heterocycles. The molecule has 0 unspecified atom stereocenters. The third kappa shape index (κ3) is 2.54. The first kappa shape index (κ1) is 13.5. The predicted molar refractivity (Wildman–Crippen MR) is 82.2 cm³/mol. The number of benzene rings is 1. The Morgan fingerprint density at radius 1 is 1.35 bits per heavy atom. The van der Waals surface area contributed by atoms with Crippen LogP contribution in [-0.2, 0) is 6.42 Å². The van der Waals surface area contributed by atoms with E-state index < -0.39 is 0 Å². The summed E-state index contributed by atoms with van der Waals surface area (Å²) in [6, 6.07) is 6.02. The Kier molecular flexibility index (Phi) is 3.68. The van der Waals surface area contributed by atoms with Gasteiger partial charge in [-0.15, -0.1) is 0 Å². The van der Waals surface area contributed by atoms with E-state index in [4.69, 9.17) is 0 Å². The quantitative estimate of drug-likeness (QED) is 0.882. The highest BCUT2D eigenvalue weighted by Gasteiger charge is 2.32. The van der Waals surface area contributed by atoms with E-state index in [1.165, 1.54) is 37.7 Å². The normalized spacial score (nSPS) is 19.4. The second kappa shape index (κ2) is 5.47. The summed E-state index contributed by atoms with van der Waals surface area (Å²) in [5.41, 5.74) is 3.58. The lowest BCUT2D eigenvalue weighted by molar-refractivity contribution is 0.0929. The van der Waals surface area contributed by atoms with Crippen molar-refractivity contribution >= 4 is 11.6 Å². The van der Waals surface area contributed by atoms with E-state index >= 15 is 0 Å². The smallest absolute Gasteiger partial charge is 0.251 e. The molecule has 1 amide bonds. The lowest BCUT2D eigenvalue weighted by atomic mass is 9.83. The van der Waals surface area contributed by atoms with Gasteiger partial charge in [0.15, 0.2) is 0 Å². The van der Waals surface area contributed by atoms with Gasteiger partial charge in [-0.05, 0) is 48.8 Å². The van der Waals surface area contributed by atoms with Crippen LogP contribution < -0.4 is 10.6 Å². The Morgan fingerprint density at radius 3 is 2.90 bits per heavy atom. The molecule has 3 rings (SSSR count). The highest BCUT2D eigenvalue weighted by Crippen LogP contribution is 2.40. The summed E-state index contributed by atoms with van der Waals surface area (Å²) in [6.07, 6.45) is 7.37. The topological polar surface area (TPSA) is 41.1 Å². The van der Waals surface area contributed by atoms with Gasteiger partial charge in [0.05, 0.1) is 0 Å². The van der Waals surface area contributed by atoms with Crippen LogP contribution >= 0.6 is 0 Å². The number of anilines is 1.